The molecule has 12 heteroatoms. The molecule has 2 atom stereocenters. The Morgan fingerprint density at radius 1 is 1.12 bits per heavy atom. The zero-order valence-electron chi connectivity index (χ0n) is 30.0. The highest BCUT2D eigenvalue weighted by molar-refractivity contribution is 7.89. The molecule has 9 nitrogen and oxygen atoms in total. The molecule has 1 aromatic carbocycles. The Morgan fingerprint density at radius 3 is 2.43 bits per heavy atom. The van der Waals surface area contributed by atoms with Crippen molar-refractivity contribution in [1.82, 2.24) is 9.21 Å². The molecule has 2 aliphatic rings. The first-order chi connectivity index (χ1) is 23.0. The van der Waals surface area contributed by atoms with E-state index in [9.17, 15) is 26.8 Å². The van der Waals surface area contributed by atoms with Crippen LogP contribution in [0.2, 0.25) is 0 Å². The van der Waals surface area contributed by atoms with Gasteiger partial charge in [0.25, 0.3) is 0 Å². The molecule has 2 fully saturated rings. The van der Waals surface area contributed by atoms with Crippen molar-refractivity contribution >= 4 is 22.1 Å². The van der Waals surface area contributed by atoms with E-state index in [0.717, 1.165) is 12.0 Å². The first-order valence-corrected chi connectivity index (χ1v) is 19.1. The van der Waals surface area contributed by atoms with Crippen LogP contribution in [0.3, 0.4) is 0 Å². The van der Waals surface area contributed by atoms with Crippen LogP contribution in [0.25, 0.3) is 0 Å². The molecule has 1 aromatic rings. The third-order valence-electron chi connectivity index (χ3n) is 9.04. The number of sulfonamides is 1. The smallest absolute Gasteiger partial charge is 0.410 e. The fourth-order valence-electron chi connectivity index (χ4n) is 6.32. The summed E-state index contributed by atoms with van der Waals surface area (Å²) in [5.41, 5.74) is 0.781. The largest absolute Gasteiger partial charge is 0.485 e. The SMILES string of the molecule is C=CCc1c(C)ccc(S(=O)(=O)N2CCC[C@H]2C(=O)OCCCC)c1OC(C=C)CCCCN(C(=O)OC(C)(C)C)C1CCC(F)(F)CC1. The third-order valence-corrected chi connectivity index (χ3v) is 11.0. The number of amides is 1. The van der Waals surface area contributed by atoms with Crippen LogP contribution in [0.5, 0.6) is 5.75 Å². The van der Waals surface area contributed by atoms with E-state index in [-0.39, 0.29) is 55.5 Å². The molecule has 0 N–H and O–H groups in total. The lowest BCUT2D eigenvalue weighted by atomic mass is 9.91. The summed E-state index contributed by atoms with van der Waals surface area (Å²) >= 11 is 0. The van der Waals surface area contributed by atoms with E-state index in [1.165, 1.54) is 10.4 Å². The van der Waals surface area contributed by atoms with Crippen LogP contribution >= 0.6 is 0 Å². The van der Waals surface area contributed by atoms with Crippen molar-refractivity contribution in [2.45, 2.75) is 146 Å². The number of halogens is 2. The van der Waals surface area contributed by atoms with E-state index in [0.29, 0.717) is 57.1 Å². The summed E-state index contributed by atoms with van der Waals surface area (Å²) in [6.45, 7) is 17.7. The lowest BCUT2D eigenvalue weighted by Crippen LogP contribution is -2.46. The maximum atomic E-state index is 14.2. The highest BCUT2D eigenvalue weighted by atomic mass is 32.2. The van der Waals surface area contributed by atoms with E-state index < -0.39 is 45.8 Å². The molecular formula is C37H56F2N2O7S. The zero-order valence-corrected chi connectivity index (χ0v) is 30.8. The van der Waals surface area contributed by atoms with Gasteiger partial charge in [-0.1, -0.05) is 38.1 Å². The van der Waals surface area contributed by atoms with E-state index in [1.54, 1.807) is 43.9 Å². The number of allylic oxidation sites excluding steroid dienone is 1. The Bertz CT molecular complexity index is 1400. The van der Waals surface area contributed by atoms with Crippen molar-refractivity contribution in [3.63, 3.8) is 0 Å². The number of rotatable bonds is 17. The molecule has 0 aromatic heterocycles. The normalized spacial score (nSPS) is 19.2. The second kappa shape index (κ2) is 17.8. The highest BCUT2D eigenvalue weighted by Gasteiger charge is 2.42. The minimum absolute atomic E-state index is 0.0275. The molecule has 1 saturated carbocycles. The van der Waals surface area contributed by atoms with Crippen molar-refractivity contribution in [3.05, 3.63) is 48.6 Å². The van der Waals surface area contributed by atoms with Crippen LogP contribution < -0.4 is 4.74 Å². The molecule has 1 heterocycles. The molecular weight excluding hydrogens is 654 g/mol. The first-order valence-electron chi connectivity index (χ1n) is 17.6. The summed E-state index contributed by atoms with van der Waals surface area (Å²) < 4.78 is 75.0. The molecule has 1 unspecified atom stereocenters. The van der Waals surface area contributed by atoms with E-state index in [1.807, 2.05) is 13.8 Å². The molecule has 0 bridgehead atoms. The standard InChI is InChI=1S/C37H56F2N2O7S/c1-8-11-26-46-34(42)31-17-14-25-41(31)49(44,45)32-19-18-27(4)30(15-9-2)33(32)47-29(10-3)16-12-13-24-40(35(43)48-36(5,6)7)28-20-22-37(38,39)23-21-28/h9-10,18-19,28-29,31H,2-3,8,11-17,20-26H2,1,4-7H3/t29?,31-/m0/s1. The van der Waals surface area contributed by atoms with Gasteiger partial charge in [-0.3, -0.25) is 4.79 Å². The van der Waals surface area contributed by atoms with Crippen molar-refractivity contribution in [3.8, 4) is 5.75 Å². The average molecular weight is 711 g/mol. The molecule has 1 aliphatic heterocycles. The number of unbranched alkanes of at least 4 members (excludes halogenated alkanes) is 2. The fraction of sp³-hybridized carbons (Fsp3) is 0.676. The minimum Gasteiger partial charge on any atom is -0.485 e. The van der Waals surface area contributed by atoms with E-state index >= 15 is 0 Å². The number of hydrogen-bond acceptors (Lipinski definition) is 7. The van der Waals surface area contributed by atoms with Gasteiger partial charge in [0.1, 0.15) is 28.4 Å². The number of esters is 1. The molecule has 1 saturated heterocycles. The predicted molar refractivity (Wildman–Crippen MR) is 186 cm³/mol. The van der Waals surface area contributed by atoms with Crippen LogP contribution in [-0.4, -0.2) is 79.1 Å². The van der Waals surface area contributed by atoms with Crippen LogP contribution in [0.1, 0.15) is 109 Å². The summed E-state index contributed by atoms with van der Waals surface area (Å²) in [6, 6.07) is 2.02. The Morgan fingerprint density at radius 2 is 1.82 bits per heavy atom. The Balaban J connectivity index is 1.79. The summed E-state index contributed by atoms with van der Waals surface area (Å²) in [7, 11) is -4.16. The van der Waals surface area contributed by atoms with Crippen molar-refractivity contribution < 1.29 is 41.0 Å². The second-order valence-electron chi connectivity index (χ2n) is 14.1. The van der Waals surface area contributed by atoms with Crippen molar-refractivity contribution in [2.75, 3.05) is 19.7 Å². The Kier molecular flexibility index (Phi) is 14.7. The second-order valence-corrected chi connectivity index (χ2v) is 16.0. The zero-order chi connectivity index (χ0) is 36.4. The predicted octanol–water partition coefficient (Wildman–Crippen LogP) is 8.14. The number of benzene rings is 1. The Labute approximate surface area is 292 Å². The Hall–Kier alpha value is -2.99. The minimum atomic E-state index is -4.16. The fourth-order valence-corrected chi connectivity index (χ4v) is 8.12. The van der Waals surface area contributed by atoms with Gasteiger partial charge < -0.3 is 19.1 Å². The number of nitrogens with zero attached hydrogens (tertiary/aromatic N) is 2. The number of carbonyl (C=O) groups excluding carboxylic acids is 2. The number of aryl methyl sites for hydroxylation is 1. The monoisotopic (exact) mass is 710 g/mol. The van der Waals surface area contributed by atoms with Gasteiger partial charge in [0.15, 0.2) is 0 Å². The van der Waals surface area contributed by atoms with Crippen LogP contribution in [0.15, 0.2) is 42.3 Å². The topological polar surface area (TPSA) is 102 Å². The van der Waals surface area contributed by atoms with Gasteiger partial charge in [0, 0.05) is 37.5 Å². The van der Waals surface area contributed by atoms with Gasteiger partial charge in [-0.15, -0.1) is 6.58 Å². The van der Waals surface area contributed by atoms with Crippen LogP contribution in [0.4, 0.5) is 13.6 Å². The van der Waals surface area contributed by atoms with Gasteiger partial charge in [0.05, 0.1) is 6.61 Å². The lowest BCUT2D eigenvalue weighted by Gasteiger charge is -2.37. The first kappa shape index (κ1) is 40.4. The quantitative estimate of drug-likeness (QED) is 0.0914. The third kappa shape index (κ3) is 11.3. The molecule has 49 heavy (non-hydrogen) atoms. The molecule has 0 spiro atoms. The average Bonchev–Trinajstić information content (AvgIpc) is 3.53. The summed E-state index contributed by atoms with van der Waals surface area (Å²) in [5.74, 6) is -3.06. The number of alkyl halides is 2. The summed E-state index contributed by atoms with van der Waals surface area (Å²) in [5, 5.41) is 0. The van der Waals surface area contributed by atoms with Crippen molar-refractivity contribution in [1.29, 1.82) is 0 Å². The van der Waals surface area contributed by atoms with Crippen LogP contribution in [-0.2, 0) is 30.7 Å². The number of ether oxygens (including phenoxy) is 3. The van der Waals surface area contributed by atoms with E-state index in [2.05, 4.69) is 13.2 Å². The highest BCUT2D eigenvalue weighted by Crippen LogP contribution is 2.38. The van der Waals surface area contributed by atoms with Gasteiger partial charge in [-0.25, -0.2) is 22.0 Å². The number of hydrogen-bond donors (Lipinski definition) is 0. The number of carbonyl (C=O) groups is 2. The summed E-state index contributed by atoms with van der Waals surface area (Å²) in [4.78, 5) is 27.6. The maximum Gasteiger partial charge on any atom is 0.410 e. The van der Waals surface area contributed by atoms with E-state index in [4.69, 9.17) is 14.2 Å². The molecule has 0 radical (unpaired) electrons. The molecule has 276 valence electrons. The molecule has 3 rings (SSSR count). The molecule has 1 amide bonds. The van der Waals surface area contributed by atoms with Crippen molar-refractivity contribution in [2.24, 2.45) is 0 Å². The van der Waals surface area contributed by atoms with Gasteiger partial charge in [-0.2, -0.15) is 4.31 Å². The lowest BCUT2D eigenvalue weighted by molar-refractivity contribution is -0.147. The summed E-state index contributed by atoms with van der Waals surface area (Å²) in [6.07, 6.45) is 6.52. The van der Waals surface area contributed by atoms with Gasteiger partial charge in [0.2, 0.25) is 15.9 Å². The maximum absolute atomic E-state index is 14.2. The molecule has 1 aliphatic carbocycles. The van der Waals surface area contributed by atoms with Gasteiger partial charge >= 0.3 is 12.1 Å². The van der Waals surface area contributed by atoms with Crippen LogP contribution in [0, 0.1) is 6.92 Å². The van der Waals surface area contributed by atoms with Gasteiger partial charge in [-0.05, 0) is 97.1 Å².